The maximum absolute atomic E-state index is 11.3. The summed E-state index contributed by atoms with van der Waals surface area (Å²) in [7, 11) is 0. The first-order valence-corrected chi connectivity index (χ1v) is 7.98. The third kappa shape index (κ3) is 3.70. The number of piperazine rings is 1. The average molecular weight is 321 g/mol. The molecule has 1 aromatic heterocycles. The molecule has 2 N–H and O–H groups in total. The highest BCUT2D eigenvalue weighted by atomic mass is 16.5. The summed E-state index contributed by atoms with van der Waals surface area (Å²) in [5.74, 6) is -0.00888. The van der Waals surface area contributed by atoms with Crippen LogP contribution in [0.5, 0.6) is 0 Å². The summed E-state index contributed by atoms with van der Waals surface area (Å²) >= 11 is 0. The molecule has 0 bridgehead atoms. The van der Waals surface area contributed by atoms with Crippen LogP contribution in [0.4, 0.5) is 11.8 Å². The molecule has 0 radical (unpaired) electrons. The topological polar surface area (TPSA) is 90.8 Å². The number of carbonyl (C=O) groups is 1. The van der Waals surface area contributed by atoms with E-state index in [2.05, 4.69) is 34.0 Å². The van der Waals surface area contributed by atoms with Crippen molar-refractivity contribution in [2.45, 2.75) is 25.9 Å². The minimum atomic E-state index is -1.04. The molecule has 2 saturated heterocycles. The molecule has 0 unspecified atom stereocenters. The number of aromatic carboxylic acids is 1. The second-order valence-corrected chi connectivity index (χ2v) is 6.24. The van der Waals surface area contributed by atoms with Crippen molar-refractivity contribution in [3.63, 3.8) is 0 Å². The summed E-state index contributed by atoms with van der Waals surface area (Å²) in [4.78, 5) is 24.5. The van der Waals surface area contributed by atoms with E-state index in [1.165, 1.54) is 6.07 Å². The minimum Gasteiger partial charge on any atom is -0.477 e. The van der Waals surface area contributed by atoms with Crippen LogP contribution < -0.4 is 10.2 Å². The van der Waals surface area contributed by atoms with Crippen LogP contribution in [0.1, 0.15) is 24.3 Å². The summed E-state index contributed by atoms with van der Waals surface area (Å²) in [5, 5.41) is 12.5. The molecule has 0 spiro atoms. The summed E-state index contributed by atoms with van der Waals surface area (Å²) in [6.45, 7) is 9.05. The number of carboxylic acids is 1. The number of carboxylic acid groups (broad SMARTS) is 1. The van der Waals surface area contributed by atoms with Crippen molar-refractivity contribution in [2.24, 2.45) is 0 Å². The summed E-state index contributed by atoms with van der Waals surface area (Å²) in [6.07, 6.45) is 0. The number of rotatable bonds is 5. The van der Waals surface area contributed by atoms with E-state index in [0.717, 1.165) is 26.2 Å². The molecule has 3 heterocycles. The van der Waals surface area contributed by atoms with Gasteiger partial charge in [0.1, 0.15) is 5.82 Å². The van der Waals surface area contributed by atoms with Crippen molar-refractivity contribution in [3.8, 4) is 0 Å². The van der Waals surface area contributed by atoms with Gasteiger partial charge in [-0.25, -0.2) is 9.78 Å². The number of aromatic nitrogens is 2. The predicted octanol–water partition coefficient (Wildman–Crippen LogP) is 0.516. The lowest BCUT2D eigenvalue weighted by molar-refractivity contribution is 0.0209. The molecule has 2 aliphatic heterocycles. The predicted molar refractivity (Wildman–Crippen MR) is 86.1 cm³/mol. The second kappa shape index (κ2) is 6.67. The zero-order valence-electron chi connectivity index (χ0n) is 13.5. The second-order valence-electron chi connectivity index (χ2n) is 6.24. The zero-order valence-corrected chi connectivity index (χ0v) is 13.5. The van der Waals surface area contributed by atoms with E-state index in [1.54, 1.807) is 0 Å². The highest BCUT2D eigenvalue weighted by Crippen LogP contribution is 2.18. The number of nitrogens with zero attached hydrogens (tertiary/aromatic N) is 4. The highest BCUT2D eigenvalue weighted by Gasteiger charge is 2.24. The van der Waals surface area contributed by atoms with Crippen LogP contribution in [0.2, 0.25) is 0 Å². The fraction of sp³-hybridized carbons (Fsp3) is 0.667. The molecular weight excluding hydrogens is 298 g/mol. The van der Waals surface area contributed by atoms with Crippen LogP contribution in [0.3, 0.4) is 0 Å². The average Bonchev–Trinajstić information content (AvgIpc) is 2.50. The molecule has 1 aromatic rings. The van der Waals surface area contributed by atoms with E-state index in [4.69, 9.17) is 4.74 Å². The van der Waals surface area contributed by atoms with Gasteiger partial charge in [0.15, 0.2) is 5.69 Å². The van der Waals surface area contributed by atoms with Crippen molar-refractivity contribution in [1.29, 1.82) is 0 Å². The molecule has 2 fully saturated rings. The molecule has 23 heavy (non-hydrogen) atoms. The van der Waals surface area contributed by atoms with Crippen LogP contribution in [-0.4, -0.2) is 77.4 Å². The third-order valence-corrected chi connectivity index (χ3v) is 4.25. The molecule has 2 aliphatic rings. The van der Waals surface area contributed by atoms with E-state index < -0.39 is 5.97 Å². The summed E-state index contributed by atoms with van der Waals surface area (Å²) in [6, 6.07) is 2.19. The largest absolute Gasteiger partial charge is 0.477 e. The lowest BCUT2D eigenvalue weighted by atomic mass is 10.2. The van der Waals surface area contributed by atoms with E-state index in [1.807, 2.05) is 4.90 Å². The van der Waals surface area contributed by atoms with Crippen molar-refractivity contribution < 1.29 is 14.6 Å². The van der Waals surface area contributed by atoms with Gasteiger partial charge in [0.05, 0.1) is 19.3 Å². The number of nitrogens with one attached hydrogen (secondary N) is 1. The van der Waals surface area contributed by atoms with Crippen LogP contribution >= 0.6 is 0 Å². The van der Waals surface area contributed by atoms with E-state index in [9.17, 15) is 9.90 Å². The maximum Gasteiger partial charge on any atom is 0.354 e. The van der Waals surface area contributed by atoms with Gasteiger partial charge >= 0.3 is 5.97 Å². The first kappa shape index (κ1) is 15.9. The van der Waals surface area contributed by atoms with Crippen LogP contribution in [0, 0.1) is 0 Å². The summed E-state index contributed by atoms with van der Waals surface area (Å²) < 4.78 is 5.13. The van der Waals surface area contributed by atoms with Crippen LogP contribution in [0.25, 0.3) is 0 Å². The SMILES string of the molecule is CC(C)N1CCN(c2nc(NC3COC3)cc(C(=O)O)n2)CC1. The van der Waals surface area contributed by atoms with Crippen molar-refractivity contribution in [2.75, 3.05) is 49.6 Å². The van der Waals surface area contributed by atoms with E-state index in [0.29, 0.717) is 31.0 Å². The summed E-state index contributed by atoms with van der Waals surface area (Å²) in [5.41, 5.74) is 0.0176. The lowest BCUT2D eigenvalue weighted by Crippen LogP contribution is -2.49. The van der Waals surface area contributed by atoms with Gasteiger partial charge in [-0.05, 0) is 13.8 Å². The Morgan fingerprint density at radius 3 is 2.52 bits per heavy atom. The van der Waals surface area contributed by atoms with Crippen molar-refractivity contribution in [3.05, 3.63) is 11.8 Å². The molecule has 0 aliphatic carbocycles. The van der Waals surface area contributed by atoms with Gasteiger partial charge < -0.3 is 20.1 Å². The van der Waals surface area contributed by atoms with Gasteiger partial charge in [0, 0.05) is 38.3 Å². The maximum atomic E-state index is 11.3. The number of hydrogen-bond donors (Lipinski definition) is 2. The quantitative estimate of drug-likeness (QED) is 0.811. The first-order chi connectivity index (χ1) is 11.0. The van der Waals surface area contributed by atoms with Crippen LogP contribution in [-0.2, 0) is 4.74 Å². The molecule has 8 nitrogen and oxygen atoms in total. The molecule has 0 saturated carbocycles. The third-order valence-electron chi connectivity index (χ3n) is 4.25. The van der Waals surface area contributed by atoms with Gasteiger partial charge in [0.25, 0.3) is 0 Å². The minimum absolute atomic E-state index is 0.0176. The van der Waals surface area contributed by atoms with Crippen molar-refractivity contribution >= 4 is 17.7 Å². The molecule has 8 heteroatoms. The van der Waals surface area contributed by atoms with Crippen LogP contribution in [0.15, 0.2) is 6.07 Å². The number of ether oxygens (including phenoxy) is 1. The Labute approximate surface area is 135 Å². The highest BCUT2D eigenvalue weighted by molar-refractivity contribution is 5.86. The Kier molecular flexibility index (Phi) is 4.63. The molecule has 0 amide bonds. The smallest absolute Gasteiger partial charge is 0.354 e. The monoisotopic (exact) mass is 321 g/mol. The van der Waals surface area contributed by atoms with E-state index in [-0.39, 0.29) is 11.7 Å². The van der Waals surface area contributed by atoms with E-state index >= 15 is 0 Å². The molecule has 0 aromatic carbocycles. The Morgan fingerprint density at radius 1 is 1.30 bits per heavy atom. The van der Waals surface area contributed by atoms with Crippen molar-refractivity contribution in [1.82, 2.24) is 14.9 Å². The lowest BCUT2D eigenvalue weighted by Gasteiger charge is -2.37. The van der Waals surface area contributed by atoms with Gasteiger partial charge in [-0.15, -0.1) is 0 Å². The Hall–Kier alpha value is -1.93. The Bertz CT molecular complexity index is 568. The van der Waals surface area contributed by atoms with Gasteiger partial charge in [0.2, 0.25) is 5.95 Å². The number of anilines is 2. The van der Waals surface area contributed by atoms with Gasteiger partial charge in [-0.3, -0.25) is 4.90 Å². The molecule has 126 valence electrons. The fourth-order valence-electron chi connectivity index (χ4n) is 2.73. The Morgan fingerprint density at radius 2 is 2.00 bits per heavy atom. The zero-order chi connectivity index (χ0) is 16.4. The first-order valence-electron chi connectivity index (χ1n) is 7.98. The molecular formula is C15H23N5O3. The normalized spacial score (nSPS) is 19.7. The molecule has 3 rings (SSSR count). The van der Waals surface area contributed by atoms with Gasteiger partial charge in [-0.2, -0.15) is 4.98 Å². The number of hydrogen-bond acceptors (Lipinski definition) is 7. The van der Waals surface area contributed by atoms with Gasteiger partial charge in [-0.1, -0.05) is 0 Å². The molecule has 0 atom stereocenters. The Balaban J connectivity index is 1.76. The standard InChI is InChI=1S/C15H23N5O3/c1-10(2)19-3-5-20(6-4-19)15-17-12(14(21)22)7-13(18-15)16-11-8-23-9-11/h7,10-11H,3-6,8-9H2,1-2H3,(H,21,22)(H,16,17,18). The fourth-order valence-corrected chi connectivity index (χ4v) is 2.73.